The number of carbonyl (C=O) groups is 1. The van der Waals surface area contributed by atoms with Crippen molar-refractivity contribution in [2.24, 2.45) is 0 Å². The Kier molecular flexibility index (Phi) is 3.13. The molecule has 0 aliphatic heterocycles. The van der Waals surface area contributed by atoms with Crippen molar-refractivity contribution in [3.63, 3.8) is 0 Å². The summed E-state index contributed by atoms with van der Waals surface area (Å²) in [6.45, 7) is 1.91. The maximum atomic E-state index is 11.1. The predicted octanol–water partition coefficient (Wildman–Crippen LogP) is 2.14. The van der Waals surface area contributed by atoms with E-state index in [-0.39, 0.29) is 5.56 Å². The number of carboxylic acid groups (broad SMARTS) is 1. The molecule has 5 nitrogen and oxygen atoms in total. The molecule has 21 heavy (non-hydrogen) atoms. The van der Waals surface area contributed by atoms with Crippen molar-refractivity contribution >= 4 is 11.5 Å². The van der Waals surface area contributed by atoms with Gasteiger partial charge in [-0.1, -0.05) is 12.0 Å². The third kappa shape index (κ3) is 2.60. The number of nitrogens with zero attached hydrogens (tertiary/aromatic N) is 3. The number of fused-ring (bicyclic) bond motifs is 1. The molecule has 0 radical (unpaired) electrons. The normalized spacial score (nSPS) is 10.1. The molecule has 0 saturated carbocycles. The van der Waals surface area contributed by atoms with Gasteiger partial charge in [0.05, 0.1) is 11.7 Å². The Hall–Kier alpha value is -3.13. The minimum Gasteiger partial charge on any atom is -0.478 e. The molecule has 3 aromatic rings. The van der Waals surface area contributed by atoms with Gasteiger partial charge >= 0.3 is 5.97 Å². The van der Waals surface area contributed by atoms with Crippen LogP contribution in [0, 0.1) is 18.8 Å². The Labute approximate surface area is 120 Å². The van der Waals surface area contributed by atoms with Gasteiger partial charge in [0, 0.05) is 17.5 Å². The molecule has 0 spiro atoms. The van der Waals surface area contributed by atoms with Gasteiger partial charge in [0.25, 0.3) is 0 Å². The van der Waals surface area contributed by atoms with E-state index in [1.807, 2.05) is 25.1 Å². The Bertz CT molecular complexity index is 901. The SMILES string of the molecule is Cc1cccc(C#Cc2ccn3ncc(C(=O)O)c3c2)n1. The Balaban J connectivity index is 2.02. The van der Waals surface area contributed by atoms with E-state index in [0.717, 1.165) is 5.69 Å². The van der Waals surface area contributed by atoms with Gasteiger partial charge in [-0.05, 0) is 37.1 Å². The molecule has 0 aliphatic carbocycles. The van der Waals surface area contributed by atoms with Crippen LogP contribution in [0.2, 0.25) is 0 Å². The van der Waals surface area contributed by atoms with E-state index in [2.05, 4.69) is 21.9 Å². The first-order valence-electron chi connectivity index (χ1n) is 6.30. The lowest BCUT2D eigenvalue weighted by molar-refractivity contribution is 0.0699. The fourth-order valence-electron chi connectivity index (χ4n) is 1.97. The minimum atomic E-state index is -1.00. The lowest BCUT2D eigenvalue weighted by Gasteiger charge is -1.96. The second kappa shape index (κ2) is 5.10. The maximum Gasteiger partial charge on any atom is 0.339 e. The van der Waals surface area contributed by atoms with Crippen LogP contribution >= 0.6 is 0 Å². The molecular formula is C16H11N3O2. The van der Waals surface area contributed by atoms with Crippen molar-refractivity contribution in [1.29, 1.82) is 0 Å². The molecule has 0 amide bonds. The summed E-state index contributed by atoms with van der Waals surface area (Å²) in [5.74, 6) is 4.95. The van der Waals surface area contributed by atoms with Gasteiger partial charge in [-0.2, -0.15) is 5.10 Å². The Morgan fingerprint density at radius 2 is 2.14 bits per heavy atom. The van der Waals surface area contributed by atoms with Crippen LogP contribution in [0.15, 0.2) is 42.7 Å². The van der Waals surface area contributed by atoms with E-state index in [1.54, 1.807) is 18.3 Å². The van der Waals surface area contributed by atoms with Crippen LogP contribution in [0.5, 0.6) is 0 Å². The molecular weight excluding hydrogens is 266 g/mol. The smallest absolute Gasteiger partial charge is 0.339 e. The van der Waals surface area contributed by atoms with Gasteiger partial charge in [-0.3, -0.25) is 0 Å². The molecule has 0 atom stereocenters. The molecule has 0 aliphatic rings. The first-order chi connectivity index (χ1) is 10.1. The highest BCUT2D eigenvalue weighted by molar-refractivity contribution is 5.95. The van der Waals surface area contributed by atoms with Crippen molar-refractivity contribution in [3.8, 4) is 11.8 Å². The zero-order valence-corrected chi connectivity index (χ0v) is 11.2. The quantitative estimate of drug-likeness (QED) is 0.692. The number of aryl methyl sites for hydroxylation is 1. The van der Waals surface area contributed by atoms with Gasteiger partial charge in [0.1, 0.15) is 11.3 Å². The molecule has 1 N–H and O–H groups in total. The molecule has 0 bridgehead atoms. The fourth-order valence-corrected chi connectivity index (χ4v) is 1.97. The van der Waals surface area contributed by atoms with Gasteiger partial charge in [-0.25, -0.2) is 14.3 Å². The van der Waals surface area contributed by atoms with E-state index >= 15 is 0 Å². The van der Waals surface area contributed by atoms with Crippen LogP contribution < -0.4 is 0 Å². The topological polar surface area (TPSA) is 67.5 Å². The lowest BCUT2D eigenvalue weighted by atomic mass is 10.2. The van der Waals surface area contributed by atoms with Crippen LogP contribution in [-0.2, 0) is 0 Å². The zero-order valence-electron chi connectivity index (χ0n) is 11.2. The molecule has 3 rings (SSSR count). The van der Waals surface area contributed by atoms with Crippen LogP contribution in [0.1, 0.15) is 27.3 Å². The summed E-state index contributed by atoms with van der Waals surface area (Å²) in [5.41, 5.74) is 2.98. The van der Waals surface area contributed by atoms with Crippen LogP contribution in [-0.4, -0.2) is 25.7 Å². The van der Waals surface area contributed by atoms with E-state index < -0.39 is 5.97 Å². The van der Waals surface area contributed by atoms with Gasteiger partial charge in [-0.15, -0.1) is 0 Å². The fraction of sp³-hybridized carbons (Fsp3) is 0.0625. The summed E-state index contributed by atoms with van der Waals surface area (Å²) in [6.07, 6.45) is 3.02. The molecule has 3 aromatic heterocycles. The number of aromatic nitrogens is 3. The maximum absolute atomic E-state index is 11.1. The first-order valence-corrected chi connectivity index (χ1v) is 6.30. The average molecular weight is 277 g/mol. The first kappa shape index (κ1) is 12.9. The third-order valence-corrected chi connectivity index (χ3v) is 2.98. The van der Waals surface area contributed by atoms with Gasteiger partial charge in [0.15, 0.2) is 0 Å². The summed E-state index contributed by atoms with van der Waals surface area (Å²) >= 11 is 0. The molecule has 3 heterocycles. The molecule has 0 unspecified atom stereocenters. The van der Waals surface area contributed by atoms with E-state index in [0.29, 0.717) is 16.8 Å². The predicted molar refractivity (Wildman–Crippen MR) is 77.1 cm³/mol. The van der Waals surface area contributed by atoms with Crippen LogP contribution in [0.3, 0.4) is 0 Å². The molecule has 0 aromatic carbocycles. The van der Waals surface area contributed by atoms with Crippen LogP contribution in [0.4, 0.5) is 0 Å². The zero-order chi connectivity index (χ0) is 14.8. The Morgan fingerprint density at radius 1 is 1.29 bits per heavy atom. The van der Waals surface area contributed by atoms with E-state index in [1.165, 1.54) is 10.7 Å². The molecule has 5 heteroatoms. The molecule has 0 fully saturated rings. The largest absolute Gasteiger partial charge is 0.478 e. The number of aromatic carboxylic acids is 1. The second-order valence-electron chi connectivity index (χ2n) is 4.52. The van der Waals surface area contributed by atoms with E-state index in [4.69, 9.17) is 5.11 Å². The second-order valence-corrected chi connectivity index (χ2v) is 4.52. The standard InChI is InChI=1S/C16H11N3O2/c1-11-3-2-4-13(18-11)6-5-12-7-8-19-15(9-12)14(10-17-19)16(20)21/h2-4,7-10H,1H3,(H,20,21). The number of hydrogen-bond donors (Lipinski definition) is 1. The molecule has 102 valence electrons. The van der Waals surface area contributed by atoms with Gasteiger partial charge < -0.3 is 5.11 Å². The van der Waals surface area contributed by atoms with Crippen LogP contribution in [0.25, 0.3) is 5.52 Å². The van der Waals surface area contributed by atoms with E-state index in [9.17, 15) is 4.79 Å². The summed E-state index contributed by atoms with van der Waals surface area (Å²) in [5, 5.41) is 13.1. The summed E-state index contributed by atoms with van der Waals surface area (Å²) in [4.78, 5) is 15.4. The van der Waals surface area contributed by atoms with Crippen molar-refractivity contribution in [2.45, 2.75) is 6.92 Å². The van der Waals surface area contributed by atoms with Crippen molar-refractivity contribution in [2.75, 3.05) is 0 Å². The highest BCUT2D eigenvalue weighted by atomic mass is 16.4. The molecule has 0 saturated heterocycles. The summed E-state index contributed by atoms with van der Waals surface area (Å²) in [6, 6.07) is 9.13. The summed E-state index contributed by atoms with van der Waals surface area (Å²) in [7, 11) is 0. The van der Waals surface area contributed by atoms with Gasteiger partial charge in [0.2, 0.25) is 0 Å². The lowest BCUT2D eigenvalue weighted by Crippen LogP contribution is -1.95. The third-order valence-electron chi connectivity index (χ3n) is 2.98. The average Bonchev–Trinajstić information content (AvgIpc) is 2.88. The highest BCUT2D eigenvalue weighted by Gasteiger charge is 2.10. The monoisotopic (exact) mass is 277 g/mol. The number of hydrogen-bond acceptors (Lipinski definition) is 3. The number of pyridine rings is 2. The highest BCUT2D eigenvalue weighted by Crippen LogP contribution is 2.12. The minimum absolute atomic E-state index is 0.160. The van der Waals surface area contributed by atoms with Crippen molar-refractivity contribution in [3.05, 3.63) is 65.2 Å². The number of rotatable bonds is 1. The summed E-state index contributed by atoms with van der Waals surface area (Å²) < 4.78 is 1.51. The van der Waals surface area contributed by atoms with Crippen molar-refractivity contribution in [1.82, 2.24) is 14.6 Å². The Morgan fingerprint density at radius 3 is 2.90 bits per heavy atom. The number of carboxylic acids is 1. The van der Waals surface area contributed by atoms with Crippen molar-refractivity contribution < 1.29 is 9.90 Å².